The highest BCUT2D eigenvalue weighted by molar-refractivity contribution is 7.99. The monoisotopic (exact) mass is 262 g/mol. The van der Waals surface area contributed by atoms with Crippen molar-refractivity contribution >= 4 is 23.4 Å². The minimum absolute atomic E-state index is 0.0464. The third kappa shape index (κ3) is 2.75. The first-order valence-corrected chi connectivity index (χ1v) is 5.84. The van der Waals surface area contributed by atoms with Crippen LogP contribution in [-0.4, -0.2) is 26.0 Å². The molecular weight excluding hydrogens is 252 g/mol. The molecule has 0 saturated heterocycles. The molecule has 6 nitrogen and oxygen atoms in total. The molecule has 0 bridgehead atoms. The minimum Gasteiger partial charge on any atom is -0.478 e. The largest absolute Gasteiger partial charge is 0.478 e. The Morgan fingerprint density at radius 1 is 1.44 bits per heavy atom. The number of anilines is 1. The SMILES string of the molecule is Cc1ccnc(Sc2ncc(N)cc2C(=O)O)n1. The molecule has 0 aliphatic heterocycles. The Kier molecular flexibility index (Phi) is 3.42. The van der Waals surface area contributed by atoms with Crippen LogP contribution in [0.25, 0.3) is 0 Å². The summed E-state index contributed by atoms with van der Waals surface area (Å²) in [6.45, 7) is 1.83. The van der Waals surface area contributed by atoms with Crippen LogP contribution in [0.3, 0.4) is 0 Å². The van der Waals surface area contributed by atoms with E-state index >= 15 is 0 Å². The van der Waals surface area contributed by atoms with Crippen molar-refractivity contribution in [3.63, 3.8) is 0 Å². The fourth-order valence-electron chi connectivity index (χ4n) is 1.26. The Morgan fingerprint density at radius 2 is 2.22 bits per heavy atom. The van der Waals surface area contributed by atoms with Gasteiger partial charge in [0.05, 0.1) is 17.4 Å². The molecule has 0 saturated carbocycles. The van der Waals surface area contributed by atoms with Crippen LogP contribution in [0.4, 0.5) is 5.69 Å². The van der Waals surface area contributed by atoms with E-state index in [-0.39, 0.29) is 5.56 Å². The zero-order chi connectivity index (χ0) is 13.1. The Bertz CT molecular complexity index is 603. The molecule has 2 heterocycles. The number of rotatable bonds is 3. The van der Waals surface area contributed by atoms with E-state index in [1.807, 2.05) is 6.92 Å². The lowest BCUT2D eigenvalue weighted by Gasteiger charge is -2.04. The molecule has 0 atom stereocenters. The van der Waals surface area contributed by atoms with Crippen LogP contribution in [0.5, 0.6) is 0 Å². The number of carboxylic acid groups (broad SMARTS) is 1. The van der Waals surface area contributed by atoms with E-state index in [1.54, 1.807) is 12.3 Å². The summed E-state index contributed by atoms with van der Waals surface area (Å²) in [5.41, 5.74) is 6.68. The number of carbonyl (C=O) groups is 1. The van der Waals surface area contributed by atoms with Crippen LogP contribution in [0.15, 0.2) is 34.7 Å². The maximum atomic E-state index is 11.1. The number of pyridine rings is 1. The molecule has 0 radical (unpaired) electrons. The Balaban J connectivity index is 2.37. The summed E-state index contributed by atoms with van der Waals surface area (Å²) >= 11 is 1.10. The second-order valence-corrected chi connectivity index (χ2v) is 4.47. The van der Waals surface area contributed by atoms with E-state index in [0.717, 1.165) is 17.5 Å². The third-order valence-corrected chi connectivity index (χ3v) is 2.96. The lowest BCUT2D eigenvalue weighted by Crippen LogP contribution is -2.03. The summed E-state index contributed by atoms with van der Waals surface area (Å²) < 4.78 is 0. The van der Waals surface area contributed by atoms with Crippen LogP contribution in [0.2, 0.25) is 0 Å². The number of carboxylic acids is 1. The first kappa shape index (κ1) is 12.3. The Labute approximate surface area is 107 Å². The average Bonchev–Trinajstić information content (AvgIpc) is 2.31. The molecule has 7 heteroatoms. The van der Waals surface area contributed by atoms with Gasteiger partial charge < -0.3 is 10.8 Å². The smallest absolute Gasteiger partial charge is 0.338 e. The Hall–Kier alpha value is -2.15. The molecule has 18 heavy (non-hydrogen) atoms. The highest BCUT2D eigenvalue weighted by Gasteiger charge is 2.14. The summed E-state index contributed by atoms with van der Waals surface area (Å²) in [5.74, 6) is -1.08. The van der Waals surface area contributed by atoms with E-state index in [2.05, 4.69) is 15.0 Å². The highest BCUT2D eigenvalue weighted by atomic mass is 32.2. The van der Waals surface area contributed by atoms with Crippen molar-refractivity contribution in [1.29, 1.82) is 0 Å². The highest BCUT2D eigenvalue weighted by Crippen LogP contribution is 2.26. The molecule has 0 amide bonds. The van der Waals surface area contributed by atoms with Gasteiger partial charge in [-0.25, -0.2) is 19.7 Å². The van der Waals surface area contributed by atoms with Gasteiger partial charge in [0.15, 0.2) is 5.16 Å². The molecule has 3 N–H and O–H groups in total. The molecule has 0 aromatic carbocycles. The summed E-state index contributed by atoms with van der Waals surface area (Å²) in [5, 5.41) is 9.85. The zero-order valence-electron chi connectivity index (χ0n) is 9.49. The van der Waals surface area contributed by atoms with Crippen molar-refractivity contribution in [2.45, 2.75) is 17.1 Å². The first-order chi connectivity index (χ1) is 8.56. The number of aromatic carboxylic acids is 1. The van der Waals surface area contributed by atoms with E-state index in [9.17, 15) is 4.79 Å². The standard InChI is InChI=1S/C11H10N4O2S/c1-6-2-3-13-11(15-6)18-9-8(10(16)17)4-7(12)5-14-9/h2-5H,12H2,1H3,(H,16,17). The summed E-state index contributed by atoms with van der Waals surface area (Å²) in [4.78, 5) is 23.3. The maximum absolute atomic E-state index is 11.1. The molecule has 2 rings (SSSR count). The predicted molar refractivity (Wildman–Crippen MR) is 66.5 cm³/mol. The number of hydrogen-bond donors (Lipinski definition) is 2. The molecule has 2 aromatic rings. The number of nitrogens with two attached hydrogens (primary N) is 1. The third-order valence-electron chi connectivity index (χ3n) is 2.06. The molecule has 0 fully saturated rings. The van der Waals surface area contributed by atoms with E-state index in [0.29, 0.717) is 15.9 Å². The first-order valence-electron chi connectivity index (χ1n) is 5.02. The predicted octanol–water partition coefficient (Wildman–Crippen LogP) is 1.61. The van der Waals surface area contributed by atoms with Gasteiger partial charge in [-0.2, -0.15) is 0 Å². The number of aryl methyl sites for hydroxylation is 1. The quantitative estimate of drug-likeness (QED) is 0.810. The van der Waals surface area contributed by atoms with Gasteiger partial charge in [0.1, 0.15) is 5.03 Å². The molecule has 0 aliphatic rings. The van der Waals surface area contributed by atoms with Crippen LogP contribution in [0.1, 0.15) is 16.1 Å². The second kappa shape index (κ2) is 5.01. The minimum atomic E-state index is -1.08. The van der Waals surface area contributed by atoms with Crippen molar-refractivity contribution < 1.29 is 9.90 Å². The van der Waals surface area contributed by atoms with E-state index in [4.69, 9.17) is 10.8 Å². The van der Waals surface area contributed by atoms with Gasteiger partial charge in [-0.3, -0.25) is 0 Å². The maximum Gasteiger partial charge on any atom is 0.338 e. The van der Waals surface area contributed by atoms with Crippen molar-refractivity contribution in [1.82, 2.24) is 15.0 Å². The summed E-state index contributed by atoms with van der Waals surface area (Å²) in [6.07, 6.45) is 3.02. The fourth-order valence-corrected chi connectivity index (χ4v) is 2.10. The van der Waals surface area contributed by atoms with E-state index in [1.165, 1.54) is 12.3 Å². The summed E-state index contributed by atoms with van der Waals surface area (Å²) in [7, 11) is 0. The molecule has 2 aromatic heterocycles. The fraction of sp³-hybridized carbons (Fsp3) is 0.0909. The van der Waals surface area contributed by atoms with Gasteiger partial charge in [-0.1, -0.05) is 0 Å². The van der Waals surface area contributed by atoms with E-state index < -0.39 is 5.97 Å². The van der Waals surface area contributed by atoms with Crippen molar-refractivity contribution in [2.75, 3.05) is 5.73 Å². The van der Waals surface area contributed by atoms with Gasteiger partial charge in [0.25, 0.3) is 0 Å². The van der Waals surface area contributed by atoms with Crippen LogP contribution in [-0.2, 0) is 0 Å². The molecule has 92 valence electrons. The second-order valence-electron chi connectivity index (χ2n) is 3.51. The van der Waals surface area contributed by atoms with Crippen molar-refractivity contribution in [3.8, 4) is 0 Å². The topological polar surface area (TPSA) is 102 Å². The lowest BCUT2D eigenvalue weighted by atomic mass is 10.3. The van der Waals surface area contributed by atoms with Gasteiger partial charge in [-0.15, -0.1) is 0 Å². The number of hydrogen-bond acceptors (Lipinski definition) is 6. The number of nitrogens with zero attached hydrogens (tertiary/aromatic N) is 3. The lowest BCUT2D eigenvalue weighted by molar-refractivity contribution is 0.0692. The molecule has 0 unspecified atom stereocenters. The van der Waals surface area contributed by atoms with Crippen LogP contribution >= 0.6 is 11.8 Å². The zero-order valence-corrected chi connectivity index (χ0v) is 10.3. The van der Waals surface area contributed by atoms with Crippen molar-refractivity contribution in [3.05, 3.63) is 35.8 Å². The molecule has 0 aliphatic carbocycles. The molecular formula is C11H10N4O2S. The van der Waals surface area contributed by atoms with Gasteiger partial charge in [0, 0.05) is 11.9 Å². The van der Waals surface area contributed by atoms with Gasteiger partial charge in [0.2, 0.25) is 0 Å². The van der Waals surface area contributed by atoms with Crippen molar-refractivity contribution in [2.24, 2.45) is 0 Å². The van der Waals surface area contributed by atoms with Gasteiger partial charge in [-0.05, 0) is 30.8 Å². The van der Waals surface area contributed by atoms with Crippen LogP contribution in [0, 0.1) is 6.92 Å². The average molecular weight is 262 g/mol. The summed E-state index contributed by atoms with van der Waals surface area (Å²) in [6, 6.07) is 3.13. The Morgan fingerprint density at radius 3 is 2.89 bits per heavy atom. The number of aromatic nitrogens is 3. The van der Waals surface area contributed by atoms with Gasteiger partial charge >= 0.3 is 5.97 Å². The van der Waals surface area contributed by atoms with Crippen LogP contribution < -0.4 is 5.73 Å². The number of nitrogen functional groups attached to an aromatic ring is 1. The normalized spacial score (nSPS) is 10.3. The molecule has 0 spiro atoms.